The maximum atomic E-state index is 13.9. The lowest BCUT2D eigenvalue weighted by molar-refractivity contribution is -0.120. The van der Waals surface area contributed by atoms with Gasteiger partial charge in [-0.3, -0.25) is 9.59 Å². The van der Waals surface area contributed by atoms with E-state index in [-0.39, 0.29) is 23.9 Å². The Morgan fingerprint density at radius 1 is 0.975 bits per heavy atom. The molecule has 2 amide bonds. The van der Waals surface area contributed by atoms with Crippen molar-refractivity contribution in [3.05, 3.63) is 83.4 Å². The zero-order chi connectivity index (χ0) is 27.9. The molecule has 3 aromatic rings. The van der Waals surface area contributed by atoms with Crippen LogP contribution < -0.4 is 15.5 Å². The summed E-state index contributed by atoms with van der Waals surface area (Å²) in [5.41, 5.74) is 4.34. The van der Waals surface area contributed by atoms with Gasteiger partial charge in [0, 0.05) is 37.4 Å². The van der Waals surface area contributed by atoms with Crippen LogP contribution in [0.25, 0.3) is 16.8 Å². The Morgan fingerprint density at radius 3 is 2.58 bits per heavy atom. The molecule has 6 nitrogen and oxygen atoms in total. The van der Waals surface area contributed by atoms with Gasteiger partial charge in [-0.2, -0.15) is 0 Å². The topological polar surface area (TPSA) is 64.7 Å². The summed E-state index contributed by atoms with van der Waals surface area (Å²) in [4.78, 5) is 31.0. The number of hydrogen-bond donors (Lipinski definition) is 2. The summed E-state index contributed by atoms with van der Waals surface area (Å²) in [5, 5.41) is 9.01. The van der Waals surface area contributed by atoms with Crippen molar-refractivity contribution in [1.82, 2.24) is 15.5 Å². The quantitative estimate of drug-likeness (QED) is 0.386. The highest BCUT2D eigenvalue weighted by Crippen LogP contribution is 2.25. The van der Waals surface area contributed by atoms with Gasteiger partial charge >= 0.3 is 0 Å². The Morgan fingerprint density at radius 2 is 1.77 bits per heavy atom. The second kappa shape index (κ2) is 13.2. The molecule has 3 aromatic carbocycles. The third-order valence-electron chi connectivity index (χ3n) is 8.29. The van der Waals surface area contributed by atoms with Crippen molar-refractivity contribution < 1.29 is 9.59 Å². The van der Waals surface area contributed by atoms with Crippen LogP contribution in [0.3, 0.4) is 0 Å². The van der Waals surface area contributed by atoms with Crippen LogP contribution in [0.15, 0.2) is 66.7 Å². The number of fused-ring (bicyclic) bond motifs is 1. The lowest BCUT2D eigenvalue weighted by Gasteiger charge is -2.30. The molecule has 2 saturated heterocycles. The van der Waals surface area contributed by atoms with Gasteiger partial charge in [0.15, 0.2) is 0 Å². The number of anilines is 1. The number of hydrogen-bond acceptors (Lipinski definition) is 4. The van der Waals surface area contributed by atoms with E-state index < -0.39 is 0 Å². The molecule has 2 fully saturated rings. The molecular formula is C34H42N4O2. The van der Waals surface area contributed by atoms with Crippen molar-refractivity contribution in [3.8, 4) is 0 Å². The van der Waals surface area contributed by atoms with Crippen LogP contribution in [-0.2, 0) is 9.59 Å². The van der Waals surface area contributed by atoms with E-state index in [4.69, 9.17) is 0 Å². The molecule has 2 aliphatic heterocycles. The largest absolute Gasteiger partial charge is 0.351 e. The lowest BCUT2D eigenvalue weighted by Crippen LogP contribution is -2.50. The molecule has 0 spiro atoms. The summed E-state index contributed by atoms with van der Waals surface area (Å²) in [5.74, 6) is 0.00413. The molecule has 2 N–H and O–H groups in total. The highest BCUT2D eigenvalue weighted by Gasteiger charge is 2.32. The van der Waals surface area contributed by atoms with Gasteiger partial charge in [-0.15, -0.1) is 0 Å². The van der Waals surface area contributed by atoms with Gasteiger partial charge in [-0.25, -0.2) is 0 Å². The van der Waals surface area contributed by atoms with Crippen molar-refractivity contribution >= 4 is 34.4 Å². The number of carbonyl (C=O) groups is 2. The predicted molar refractivity (Wildman–Crippen MR) is 164 cm³/mol. The first-order valence-corrected chi connectivity index (χ1v) is 14.8. The first-order valence-electron chi connectivity index (χ1n) is 14.8. The molecule has 0 aromatic heterocycles. The molecule has 5 rings (SSSR count). The van der Waals surface area contributed by atoms with Gasteiger partial charge in [-0.05, 0) is 92.7 Å². The van der Waals surface area contributed by atoms with Crippen LogP contribution in [-0.4, -0.2) is 61.5 Å². The average Bonchev–Trinajstić information content (AvgIpc) is 3.13. The van der Waals surface area contributed by atoms with E-state index in [0.29, 0.717) is 13.1 Å². The van der Waals surface area contributed by atoms with E-state index >= 15 is 0 Å². The minimum Gasteiger partial charge on any atom is -0.351 e. The fourth-order valence-electron chi connectivity index (χ4n) is 5.95. The number of piperidine rings is 1. The van der Waals surface area contributed by atoms with Crippen molar-refractivity contribution in [2.24, 2.45) is 0 Å². The summed E-state index contributed by atoms with van der Waals surface area (Å²) in [7, 11) is 0. The number of nitrogens with one attached hydrogen (secondary N) is 2. The summed E-state index contributed by atoms with van der Waals surface area (Å²) < 4.78 is 0. The van der Waals surface area contributed by atoms with Gasteiger partial charge < -0.3 is 20.4 Å². The molecule has 2 atom stereocenters. The average molecular weight is 539 g/mol. The van der Waals surface area contributed by atoms with Crippen molar-refractivity contribution in [2.75, 3.05) is 37.6 Å². The minimum absolute atomic E-state index is 0.0132. The molecular weight excluding hydrogens is 496 g/mol. The molecule has 0 bridgehead atoms. The van der Waals surface area contributed by atoms with E-state index in [0.717, 1.165) is 54.7 Å². The standard InChI is InChI=1S/C34H42N4O2/c1-25-10-11-27(26(2)22-25)13-15-33(39)35-24-30-16-21-38(31-14-12-28-8-4-5-9-29(28)23-31)34(40)32(36-30)17-20-37-18-6-3-7-19-37/h4-5,8-15,22-23,30,32,36H,3,6-7,16-21,24H2,1-2H3,(H,35,39)/b15-13+/t30-,32-/m1/s1. The second-order valence-corrected chi connectivity index (χ2v) is 11.4. The number of aryl methyl sites for hydroxylation is 2. The molecule has 40 heavy (non-hydrogen) atoms. The fourth-order valence-corrected chi connectivity index (χ4v) is 5.95. The normalized spacial score (nSPS) is 20.6. The van der Waals surface area contributed by atoms with Crippen LogP contribution in [0, 0.1) is 13.8 Å². The first-order chi connectivity index (χ1) is 19.5. The van der Waals surface area contributed by atoms with Crippen LogP contribution in [0.4, 0.5) is 5.69 Å². The zero-order valence-electron chi connectivity index (χ0n) is 23.9. The molecule has 0 aliphatic carbocycles. The van der Waals surface area contributed by atoms with Crippen molar-refractivity contribution in [3.63, 3.8) is 0 Å². The SMILES string of the molecule is Cc1ccc(/C=C/C(=O)NC[C@H]2CCN(c3ccc4ccccc4c3)C(=O)[C@@H](CCN3CCCCC3)N2)c(C)c1. The monoisotopic (exact) mass is 538 g/mol. The number of likely N-dealkylation sites (tertiary alicyclic amines) is 1. The molecule has 0 unspecified atom stereocenters. The Kier molecular flexibility index (Phi) is 9.30. The number of rotatable bonds is 8. The van der Waals surface area contributed by atoms with Crippen LogP contribution in [0.2, 0.25) is 0 Å². The third kappa shape index (κ3) is 7.18. The Hall–Kier alpha value is -3.48. The maximum absolute atomic E-state index is 13.9. The zero-order valence-corrected chi connectivity index (χ0v) is 23.9. The van der Waals surface area contributed by atoms with Gasteiger partial charge in [0.25, 0.3) is 0 Å². The highest BCUT2D eigenvalue weighted by atomic mass is 16.2. The summed E-state index contributed by atoms with van der Waals surface area (Å²) in [6.07, 6.45) is 8.78. The van der Waals surface area contributed by atoms with E-state index in [1.54, 1.807) is 6.08 Å². The smallest absolute Gasteiger partial charge is 0.244 e. The van der Waals surface area contributed by atoms with E-state index in [9.17, 15) is 9.59 Å². The van der Waals surface area contributed by atoms with Crippen LogP contribution in [0.1, 0.15) is 48.8 Å². The number of amides is 2. The molecule has 0 saturated carbocycles. The van der Waals surface area contributed by atoms with Gasteiger partial charge in [0.2, 0.25) is 11.8 Å². The molecule has 2 heterocycles. The first kappa shape index (κ1) is 28.1. The van der Waals surface area contributed by atoms with Crippen LogP contribution >= 0.6 is 0 Å². The molecule has 2 aliphatic rings. The number of nitrogens with zero attached hydrogens (tertiary/aromatic N) is 2. The highest BCUT2D eigenvalue weighted by molar-refractivity contribution is 5.99. The summed E-state index contributed by atoms with van der Waals surface area (Å²) >= 11 is 0. The second-order valence-electron chi connectivity index (χ2n) is 11.4. The summed E-state index contributed by atoms with van der Waals surface area (Å²) in [6, 6.07) is 20.5. The van der Waals surface area contributed by atoms with Gasteiger partial charge in [0.1, 0.15) is 0 Å². The van der Waals surface area contributed by atoms with Gasteiger partial charge in [-0.1, -0.05) is 60.5 Å². The maximum Gasteiger partial charge on any atom is 0.244 e. The Bertz CT molecular complexity index is 1360. The molecule has 0 radical (unpaired) electrons. The van der Waals surface area contributed by atoms with Crippen molar-refractivity contribution in [1.29, 1.82) is 0 Å². The fraction of sp³-hybridized carbons (Fsp3) is 0.412. The van der Waals surface area contributed by atoms with Crippen LogP contribution in [0.5, 0.6) is 0 Å². The minimum atomic E-state index is -0.288. The number of benzene rings is 3. The number of carbonyl (C=O) groups excluding carboxylic acids is 2. The third-order valence-corrected chi connectivity index (χ3v) is 8.29. The van der Waals surface area contributed by atoms with E-state index in [1.807, 2.05) is 29.2 Å². The van der Waals surface area contributed by atoms with E-state index in [2.05, 4.69) is 71.8 Å². The molecule has 210 valence electrons. The van der Waals surface area contributed by atoms with E-state index in [1.165, 1.54) is 30.2 Å². The predicted octanol–water partition coefficient (Wildman–Crippen LogP) is 5.23. The molecule has 6 heteroatoms. The Labute approximate surface area is 238 Å². The lowest BCUT2D eigenvalue weighted by atomic mass is 10.1. The Balaban J connectivity index is 1.27. The van der Waals surface area contributed by atoms with Crippen molar-refractivity contribution in [2.45, 2.75) is 58.0 Å². The van der Waals surface area contributed by atoms with Gasteiger partial charge in [0.05, 0.1) is 6.04 Å². The summed E-state index contributed by atoms with van der Waals surface area (Å²) in [6.45, 7) is 8.36.